The number of aromatic nitrogens is 2. The largest absolute Gasteiger partial charge is 0.388 e. The van der Waals surface area contributed by atoms with Crippen LogP contribution in [0, 0.1) is 5.92 Å². The summed E-state index contributed by atoms with van der Waals surface area (Å²) in [6, 6.07) is 1.99. The van der Waals surface area contributed by atoms with Crippen LogP contribution in [0.25, 0.3) is 16.7 Å². The smallest absolute Gasteiger partial charge is 0.253 e. The van der Waals surface area contributed by atoms with E-state index >= 15 is 0 Å². The number of pyridine rings is 1. The maximum Gasteiger partial charge on any atom is 0.253 e. The molecule has 2 aliphatic carbocycles. The molecule has 2 atom stereocenters. The normalized spacial score (nSPS) is 23.5. The Kier molecular flexibility index (Phi) is 3.47. The number of carbonyl (C=O) groups excluding carboxylic acids is 1. The molecule has 2 aromatic heterocycles. The molecule has 0 saturated heterocycles. The van der Waals surface area contributed by atoms with Gasteiger partial charge in [-0.3, -0.25) is 9.36 Å². The zero-order chi connectivity index (χ0) is 17.9. The number of aliphatic hydroxyl groups is 1. The molecule has 1 amide bonds. The third-order valence-electron chi connectivity index (χ3n) is 5.29. The highest BCUT2D eigenvalue weighted by Crippen LogP contribution is 2.42. The lowest BCUT2D eigenvalue weighted by Gasteiger charge is -2.27. The van der Waals surface area contributed by atoms with E-state index in [1.54, 1.807) is 10.6 Å². The Bertz CT molecular complexity index is 950. The fourth-order valence-corrected chi connectivity index (χ4v) is 3.74. The predicted molar refractivity (Wildman–Crippen MR) is 97.8 cm³/mol. The van der Waals surface area contributed by atoms with Crippen LogP contribution in [0.4, 0.5) is 5.82 Å². The van der Waals surface area contributed by atoms with Crippen molar-refractivity contribution in [2.24, 2.45) is 11.7 Å². The molecule has 25 heavy (non-hydrogen) atoms. The van der Waals surface area contributed by atoms with Crippen molar-refractivity contribution in [2.45, 2.75) is 38.7 Å². The van der Waals surface area contributed by atoms with Gasteiger partial charge in [-0.1, -0.05) is 19.1 Å². The second-order valence-corrected chi connectivity index (χ2v) is 7.08. The zero-order valence-corrected chi connectivity index (χ0v) is 14.4. The molecule has 6 nitrogen and oxygen atoms in total. The van der Waals surface area contributed by atoms with E-state index in [0.29, 0.717) is 22.5 Å². The van der Waals surface area contributed by atoms with E-state index in [-0.39, 0.29) is 11.7 Å². The summed E-state index contributed by atoms with van der Waals surface area (Å²) in [5.74, 6) is 0.0653. The number of hydrogen-bond donors (Lipinski definition) is 3. The fourth-order valence-electron chi connectivity index (χ4n) is 3.74. The van der Waals surface area contributed by atoms with Crippen molar-refractivity contribution in [1.82, 2.24) is 9.55 Å². The minimum Gasteiger partial charge on any atom is -0.388 e. The van der Waals surface area contributed by atoms with Crippen LogP contribution in [-0.2, 0) is 0 Å². The summed E-state index contributed by atoms with van der Waals surface area (Å²) in [6.07, 6.45) is 7.17. The van der Waals surface area contributed by atoms with Gasteiger partial charge in [0.15, 0.2) is 0 Å². The third-order valence-corrected chi connectivity index (χ3v) is 5.29. The number of rotatable bonds is 3. The number of hydrogen-bond acceptors (Lipinski definition) is 4. The Morgan fingerprint density at radius 2 is 2.12 bits per heavy atom. The summed E-state index contributed by atoms with van der Waals surface area (Å²) >= 11 is 0. The molecule has 2 aliphatic rings. The van der Waals surface area contributed by atoms with E-state index in [9.17, 15) is 9.90 Å². The monoisotopic (exact) mass is 338 g/mol. The summed E-state index contributed by atoms with van der Waals surface area (Å²) in [5, 5.41) is 10.9. The number of amides is 1. The molecule has 2 aromatic rings. The molecule has 0 spiro atoms. The Hall–Kier alpha value is -2.60. The van der Waals surface area contributed by atoms with E-state index in [0.717, 1.165) is 29.7 Å². The van der Waals surface area contributed by atoms with E-state index < -0.39 is 12.0 Å². The quantitative estimate of drug-likeness (QED) is 0.798. The van der Waals surface area contributed by atoms with Gasteiger partial charge in [0, 0.05) is 23.2 Å². The number of fused-ring (bicyclic) bond motifs is 1. The van der Waals surface area contributed by atoms with Crippen molar-refractivity contribution in [3.8, 4) is 0 Å². The van der Waals surface area contributed by atoms with Gasteiger partial charge in [-0.2, -0.15) is 0 Å². The molecule has 0 aliphatic heterocycles. The number of nitrogen functional groups attached to an aromatic ring is 1. The Balaban J connectivity index is 2.03. The second kappa shape index (κ2) is 5.46. The van der Waals surface area contributed by atoms with E-state index in [1.807, 2.05) is 32.2 Å². The van der Waals surface area contributed by atoms with Gasteiger partial charge in [0.1, 0.15) is 11.5 Å². The average molecular weight is 338 g/mol. The third kappa shape index (κ3) is 2.36. The van der Waals surface area contributed by atoms with Gasteiger partial charge in [0.25, 0.3) is 5.91 Å². The van der Waals surface area contributed by atoms with Gasteiger partial charge in [-0.05, 0) is 42.9 Å². The fraction of sp³-hybridized carbons (Fsp3) is 0.368. The van der Waals surface area contributed by atoms with Crippen molar-refractivity contribution in [1.29, 1.82) is 0 Å². The van der Waals surface area contributed by atoms with Crippen LogP contribution in [0.1, 0.15) is 48.5 Å². The molecule has 4 rings (SSSR count). The number of nitrogens with two attached hydrogens (primary N) is 2. The molecule has 6 heteroatoms. The highest BCUT2D eigenvalue weighted by molar-refractivity contribution is 6.11. The molecule has 1 saturated carbocycles. The standard InChI is InChI=1S/C19H22N4O2/c1-9-3-6-14(24)10(2)16(9)23-17(20)15(18(21)25)13-7-12(11-4-5-11)8-22-19(13)23/h3,6-8,10-11,14,24H,4-5,20H2,1-2H3,(H2,21,25). The van der Waals surface area contributed by atoms with Gasteiger partial charge < -0.3 is 16.6 Å². The van der Waals surface area contributed by atoms with E-state index in [4.69, 9.17) is 11.5 Å². The summed E-state index contributed by atoms with van der Waals surface area (Å²) in [7, 11) is 0. The van der Waals surface area contributed by atoms with Crippen LogP contribution in [0.2, 0.25) is 0 Å². The van der Waals surface area contributed by atoms with Gasteiger partial charge in [-0.25, -0.2) is 4.98 Å². The maximum atomic E-state index is 12.1. The summed E-state index contributed by atoms with van der Waals surface area (Å²) in [5.41, 5.74) is 15.8. The van der Waals surface area contributed by atoms with E-state index in [2.05, 4.69) is 4.98 Å². The molecule has 5 N–H and O–H groups in total. The molecular weight excluding hydrogens is 316 g/mol. The highest BCUT2D eigenvalue weighted by atomic mass is 16.3. The lowest BCUT2D eigenvalue weighted by atomic mass is 9.91. The van der Waals surface area contributed by atoms with Gasteiger partial charge in [0.05, 0.1) is 11.7 Å². The van der Waals surface area contributed by atoms with Crippen molar-refractivity contribution >= 4 is 28.5 Å². The topological polar surface area (TPSA) is 107 Å². The highest BCUT2D eigenvalue weighted by Gasteiger charge is 2.31. The van der Waals surface area contributed by atoms with Crippen LogP contribution in [0.15, 0.2) is 30.0 Å². The van der Waals surface area contributed by atoms with Crippen LogP contribution < -0.4 is 11.5 Å². The summed E-state index contributed by atoms with van der Waals surface area (Å²) in [6.45, 7) is 3.89. The SMILES string of the molecule is CC1=C(n2c(N)c(C(N)=O)c3cc(C4CC4)cnc32)C(C)C(O)C=C1. The molecule has 130 valence electrons. The van der Waals surface area contributed by atoms with Crippen molar-refractivity contribution in [3.05, 3.63) is 41.1 Å². The average Bonchev–Trinajstić information content (AvgIpc) is 3.36. The molecule has 2 unspecified atom stereocenters. The molecule has 0 aromatic carbocycles. The zero-order valence-electron chi connectivity index (χ0n) is 14.4. The van der Waals surface area contributed by atoms with E-state index in [1.165, 1.54) is 0 Å². The first-order valence-electron chi connectivity index (χ1n) is 8.57. The first kappa shape index (κ1) is 15.9. The van der Waals surface area contributed by atoms with Crippen molar-refractivity contribution in [2.75, 3.05) is 5.73 Å². The first-order chi connectivity index (χ1) is 11.9. The summed E-state index contributed by atoms with van der Waals surface area (Å²) in [4.78, 5) is 16.7. The first-order valence-corrected chi connectivity index (χ1v) is 8.57. The molecule has 1 fully saturated rings. The molecule has 0 bridgehead atoms. The Labute approximate surface area is 145 Å². The number of carbonyl (C=O) groups is 1. The molecular formula is C19H22N4O2. The lowest BCUT2D eigenvalue weighted by Crippen LogP contribution is -2.24. The minimum atomic E-state index is -0.613. The number of nitrogens with zero attached hydrogens (tertiary/aromatic N) is 2. The van der Waals surface area contributed by atoms with Gasteiger partial charge in [0.2, 0.25) is 0 Å². The maximum absolute atomic E-state index is 12.1. The van der Waals surface area contributed by atoms with Crippen LogP contribution in [0.3, 0.4) is 0 Å². The lowest BCUT2D eigenvalue weighted by molar-refractivity contribution is 0.100. The number of aliphatic hydroxyl groups excluding tert-OH is 1. The molecule has 2 heterocycles. The van der Waals surface area contributed by atoms with Crippen LogP contribution in [0.5, 0.6) is 0 Å². The predicted octanol–water partition coefficient (Wildman–Crippen LogP) is 2.39. The molecule has 0 radical (unpaired) electrons. The number of anilines is 1. The van der Waals surface area contributed by atoms with Gasteiger partial charge >= 0.3 is 0 Å². The Morgan fingerprint density at radius 3 is 2.76 bits per heavy atom. The van der Waals surface area contributed by atoms with Gasteiger partial charge in [-0.15, -0.1) is 0 Å². The number of primary amides is 1. The minimum absolute atomic E-state index is 0.173. The van der Waals surface area contributed by atoms with Crippen molar-refractivity contribution < 1.29 is 9.90 Å². The van der Waals surface area contributed by atoms with Crippen LogP contribution >= 0.6 is 0 Å². The van der Waals surface area contributed by atoms with Crippen molar-refractivity contribution in [3.63, 3.8) is 0 Å². The Morgan fingerprint density at radius 1 is 1.40 bits per heavy atom. The second-order valence-electron chi connectivity index (χ2n) is 7.08. The number of allylic oxidation sites excluding steroid dienone is 2. The summed E-state index contributed by atoms with van der Waals surface area (Å²) < 4.78 is 1.78. The van der Waals surface area contributed by atoms with Crippen LogP contribution in [-0.4, -0.2) is 26.7 Å².